The molecule has 3 heteroatoms. The molecule has 0 saturated carbocycles. The molecule has 3 aromatic heterocycles. The first kappa shape index (κ1) is 16.3. The van der Waals surface area contributed by atoms with E-state index < -0.39 is 11.8 Å². The maximum atomic E-state index is 8.60. The van der Waals surface area contributed by atoms with Gasteiger partial charge in [-0.25, -0.2) is 9.55 Å². The summed E-state index contributed by atoms with van der Waals surface area (Å²) in [6.45, 7) is 9.95. The quantitative estimate of drug-likeness (QED) is 0.415. The van der Waals surface area contributed by atoms with E-state index in [-0.39, 0.29) is 0 Å². The molecule has 0 N–H and O–H groups in total. The molecule has 4 aromatic rings. The zero-order valence-corrected chi connectivity index (χ0v) is 17.6. The largest absolute Gasteiger partial charge is 0.437 e. The Kier molecular flexibility index (Phi) is 3.92. The van der Waals surface area contributed by atoms with Crippen LogP contribution in [0.15, 0.2) is 47.0 Å². The van der Waals surface area contributed by atoms with Crippen molar-refractivity contribution in [1.29, 1.82) is 0 Å². The maximum absolute atomic E-state index is 8.60. The molecule has 3 nitrogen and oxygen atoms in total. The third kappa shape index (κ3) is 3.30. The van der Waals surface area contributed by atoms with Crippen molar-refractivity contribution in [3.05, 3.63) is 59.4 Å². The van der Waals surface area contributed by atoms with Crippen LogP contribution in [0.1, 0.15) is 47.3 Å². The van der Waals surface area contributed by atoms with Crippen LogP contribution in [0.25, 0.3) is 33.3 Å². The van der Waals surface area contributed by atoms with Gasteiger partial charge >= 0.3 is 0 Å². The fourth-order valence-corrected chi connectivity index (χ4v) is 3.75. The number of aromatic nitrogens is 2. The fraction of sp³-hybridized carbons (Fsp3) is 0.360. The smallest absolute Gasteiger partial charge is 0.227 e. The van der Waals surface area contributed by atoms with Crippen LogP contribution in [0.2, 0.25) is 0 Å². The van der Waals surface area contributed by atoms with Gasteiger partial charge in [-0.2, -0.15) is 0 Å². The van der Waals surface area contributed by atoms with E-state index in [2.05, 4.69) is 43.1 Å². The number of aryl methyl sites for hydroxylation is 3. The number of rotatable bonds is 3. The molecule has 0 amide bonds. The number of nitrogens with zero attached hydrogens (tertiary/aromatic N) is 2. The van der Waals surface area contributed by atoms with Crippen molar-refractivity contribution < 1.29 is 11.7 Å². The van der Waals surface area contributed by atoms with E-state index in [9.17, 15) is 0 Å². The third-order valence-corrected chi connectivity index (χ3v) is 5.04. The van der Waals surface area contributed by atoms with Gasteiger partial charge in [-0.05, 0) is 48.9 Å². The van der Waals surface area contributed by atoms with Crippen LogP contribution in [-0.4, -0.2) is 4.98 Å². The van der Waals surface area contributed by atoms with Crippen LogP contribution < -0.4 is 4.57 Å². The molecule has 0 spiro atoms. The van der Waals surface area contributed by atoms with Gasteiger partial charge in [0.2, 0.25) is 11.4 Å². The molecule has 4 rings (SSSR count). The highest BCUT2D eigenvalue weighted by Crippen LogP contribution is 2.36. The minimum atomic E-state index is -1.44. The van der Waals surface area contributed by atoms with E-state index in [0.717, 1.165) is 45.3 Å². The Morgan fingerprint density at radius 3 is 2.50 bits per heavy atom. The molecule has 0 aliphatic rings. The highest BCUT2D eigenvalue weighted by molar-refractivity contribution is 6.08. The van der Waals surface area contributed by atoms with Crippen LogP contribution >= 0.6 is 0 Å². The summed E-state index contributed by atoms with van der Waals surface area (Å²) in [5.41, 5.74) is 5.80. The summed E-state index contributed by atoms with van der Waals surface area (Å²) in [6.07, 6.45) is 1.32. The predicted octanol–water partition coefficient (Wildman–Crippen LogP) is 5.93. The first-order valence-electron chi connectivity index (χ1n) is 10.9. The molecule has 0 aliphatic heterocycles. The number of hydrogen-bond donors (Lipinski definition) is 0. The summed E-state index contributed by atoms with van der Waals surface area (Å²) in [5, 5.41) is 2.07. The summed E-state index contributed by atoms with van der Waals surface area (Å²) in [6, 6.07) is 12.3. The fourth-order valence-electron chi connectivity index (χ4n) is 3.75. The van der Waals surface area contributed by atoms with E-state index in [1.165, 1.54) is 0 Å². The molecule has 0 unspecified atom stereocenters. The van der Waals surface area contributed by atoms with E-state index in [4.69, 9.17) is 7.16 Å². The van der Waals surface area contributed by atoms with Gasteiger partial charge in [-0.1, -0.05) is 39.8 Å². The Balaban J connectivity index is 1.94. The predicted molar refractivity (Wildman–Crippen MR) is 115 cm³/mol. The van der Waals surface area contributed by atoms with Crippen molar-refractivity contribution in [3.8, 4) is 11.3 Å². The SMILES string of the molecule is [2H]C([2H])(c1ccc(-c2c(C)ccc3c2oc2nc(CC)ccc23)[n+](C)c1)C(C)(C)C. The van der Waals surface area contributed by atoms with E-state index in [1.54, 1.807) is 0 Å². The second-order valence-electron chi connectivity index (χ2n) is 8.53. The lowest BCUT2D eigenvalue weighted by Crippen LogP contribution is -2.32. The van der Waals surface area contributed by atoms with E-state index in [1.807, 2.05) is 50.7 Å². The van der Waals surface area contributed by atoms with Gasteiger partial charge in [0.25, 0.3) is 0 Å². The lowest BCUT2D eigenvalue weighted by Gasteiger charge is -2.17. The third-order valence-electron chi connectivity index (χ3n) is 5.04. The Bertz CT molecular complexity index is 1270. The lowest BCUT2D eigenvalue weighted by molar-refractivity contribution is -0.660. The molecule has 0 bridgehead atoms. The van der Waals surface area contributed by atoms with Crippen molar-refractivity contribution >= 4 is 22.1 Å². The van der Waals surface area contributed by atoms with Gasteiger partial charge in [-0.15, -0.1) is 0 Å². The van der Waals surface area contributed by atoms with Crippen LogP contribution in [0, 0.1) is 12.3 Å². The molecule has 144 valence electrons. The van der Waals surface area contributed by atoms with Gasteiger partial charge < -0.3 is 4.42 Å². The summed E-state index contributed by atoms with van der Waals surface area (Å²) in [4.78, 5) is 4.67. The highest BCUT2D eigenvalue weighted by atomic mass is 16.3. The van der Waals surface area contributed by atoms with Gasteiger partial charge in [-0.3, -0.25) is 0 Å². The molecule has 1 aromatic carbocycles. The molecule has 0 aliphatic carbocycles. The molecule has 0 saturated heterocycles. The van der Waals surface area contributed by atoms with Gasteiger partial charge in [0.1, 0.15) is 7.05 Å². The molecule has 28 heavy (non-hydrogen) atoms. The molecule has 0 atom stereocenters. The molecule has 3 heterocycles. The molecular weight excluding hydrogens is 344 g/mol. The normalized spacial score (nSPS) is 13.8. The summed E-state index contributed by atoms with van der Waals surface area (Å²) < 4.78 is 25.5. The summed E-state index contributed by atoms with van der Waals surface area (Å²) in [5.74, 6) is 0. The van der Waals surface area contributed by atoms with Crippen LogP contribution in [0.3, 0.4) is 0 Å². The first-order valence-corrected chi connectivity index (χ1v) is 9.87. The van der Waals surface area contributed by atoms with E-state index in [0.29, 0.717) is 11.3 Å². The topological polar surface area (TPSA) is 29.9 Å². The average Bonchev–Trinajstić information content (AvgIpc) is 3.05. The van der Waals surface area contributed by atoms with Gasteiger partial charge in [0, 0.05) is 30.8 Å². The number of fused-ring (bicyclic) bond motifs is 3. The zero-order chi connectivity index (χ0) is 21.8. The maximum Gasteiger partial charge on any atom is 0.227 e. The van der Waals surface area contributed by atoms with E-state index >= 15 is 0 Å². The Labute approximate surface area is 169 Å². The minimum Gasteiger partial charge on any atom is -0.437 e. The highest BCUT2D eigenvalue weighted by Gasteiger charge is 2.22. The summed E-state index contributed by atoms with van der Waals surface area (Å²) >= 11 is 0. The number of hydrogen-bond acceptors (Lipinski definition) is 2. The molecular formula is C25H29N2O+. The van der Waals surface area contributed by atoms with Crippen molar-refractivity contribution in [2.75, 3.05) is 0 Å². The van der Waals surface area contributed by atoms with Crippen LogP contribution in [-0.2, 0) is 19.8 Å². The Hall–Kier alpha value is -2.68. The Morgan fingerprint density at radius 2 is 1.82 bits per heavy atom. The minimum absolute atomic E-state index is 0.501. The Morgan fingerprint density at radius 1 is 1.07 bits per heavy atom. The number of benzene rings is 1. The van der Waals surface area contributed by atoms with Crippen molar-refractivity contribution in [3.63, 3.8) is 0 Å². The monoisotopic (exact) mass is 375 g/mol. The molecule has 0 radical (unpaired) electrons. The zero-order valence-electron chi connectivity index (χ0n) is 19.6. The van der Waals surface area contributed by atoms with Crippen LogP contribution in [0.4, 0.5) is 0 Å². The first-order chi connectivity index (χ1) is 14.0. The van der Waals surface area contributed by atoms with Gasteiger partial charge in [0.15, 0.2) is 11.8 Å². The number of furan rings is 1. The van der Waals surface area contributed by atoms with Crippen LogP contribution in [0.5, 0.6) is 0 Å². The lowest BCUT2D eigenvalue weighted by atomic mass is 9.88. The molecule has 0 fully saturated rings. The standard InChI is InChI=1S/C25H29N2O/c1-7-18-10-12-20-19-11-8-16(2)22(23(19)28-24(20)26-18)21-13-9-17(15-27(21)6)14-25(3,4)5/h8-13,15H,7,14H2,1-6H3/q+1/i14D2. The van der Waals surface area contributed by atoms with Gasteiger partial charge in [0.05, 0.1) is 5.56 Å². The summed E-state index contributed by atoms with van der Waals surface area (Å²) in [7, 11) is 1.96. The number of pyridine rings is 2. The van der Waals surface area contributed by atoms with Crippen molar-refractivity contribution in [2.45, 2.75) is 47.4 Å². The van der Waals surface area contributed by atoms with Crippen molar-refractivity contribution in [2.24, 2.45) is 12.5 Å². The average molecular weight is 376 g/mol. The second-order valence-corrected chi connectivity index (χ2v) is 8.53. The second kappa shape index (κ2) is 6.73. The van der Waals surface area contributed by atoms with Crippen molar-refractivity contribution in [1.82, 2.24) is 4.98 Å².